The van der Waals surface area contributed by atoms with Crippen molar-refractivity contribution in [2.24, 2.45) is 0 Å². The Labute approximate surface area is 115 Å². The fourth-order valence-electron chi connectivity index (χ4n) is 2.29. The Morgan fingerprint density at radius 1 is 1.22 bits per heavy atom. The van der Waals surface area contributed by atoms with Crippen molar-refractivity contribution >= 4 is 15.9 Å². The highest BCUT2D eigenvalue weighted by Crippen LogP contribution is 2.21. The molecule has 1 aromatic carbocycles. The summed E-state index contributed by atoms with van der Waals surface area (Å²) in [6.45, 7) is 3.83. The molecule has 1 aromatic heterocycles. The molecule has 4 heteroatoms. The number of hydrogen-bond donors (Lipinski definition) is 1. The van der Waals surface area contributed by atoms with Crippen LogP contribution in [-0.2, 0) is 19.5 Å². The van der Waals surface area contributed by atoms with E-state index in [9.17, 15) is 0 Å². The molecule has 3 rings (SSSR count). The van der Waals surface area contributed by atoms with E-state index in [1.165, 1.54) is 11.1 Å². The number of aryl methyl sites for hydroxylation is 1. The Balaban J connectivity index is 1.95. The molecule has 0 spiro atoms. The summed E-state index contributed by atoms with van der Waals surface area (Å²) >= 11 is 3.57. The van der Waals surface area contributed by atoms with Gasteiger partial charge < -0.3 is 5.32 Å². The van der Waals surface area contributed by atoms with E-state index >= 15 is 0 Å². The van der Waals surface area contributed by atoms with Gasteiger partial charge in [0.15, 0.2) is 0 Å². The van der Waals surface area contributed by atoms with Crippen LogP contribution in [0.4, 0.5) is 0 Å². The van der Waals surface area contributed by atoms with E-state index in [1.54, 1.807) is 0 Å². The molecule has 1 N–H and O–H groups in total. The first-order valence-corrected chi connectivity index (χ1v) is 6.83. The molecule has 3 nitrogen and oxygen atoms in total. The van der Waals surface area contributed by atoms with E-state index in [0.717, 1.165) is 41.2 Å². The lowest BCUT2D eigenvalue weighted by Gasteiger charge is -2.07. The SMILES string of the molecule is Cc1nc(Cc2ccccc2Br)nc2c1CNC2. The smallest absolute Gasteiger partial charge is 0.133 e. The van der Waals surface area contributed by atoms with E-state index in [4.69, 9.17) is 0 Å². The molecular formula is C14H14BrN3. The van der Waals surface area contributed by atoms with Crippen LogP contribution < -0.4 is 5.32 Å². The molecule has 2 aromatic rings. The van der Waals surface area contributed by atoms with Gasteiger partial charge in [-0.15, -0.1) is 0 Å². The lowest BCUT2D eigenvalue weighted by atomic mass is 10.1. The van der Waals surface area contributed by atoms with Crippen molar-refractivity contribution in [3.8, 4) is 0 Å². The highest BCUT2D eigenvalue weighted by molar-refractivity contribution is 9.10. The molecule has 0 amide bonds. The van der Waals surface area contributed by atoms with E-state index < -0.39 is 0 Å². The van der Waals surface area contributed by atoms with Gasteiger partial charge in [0.05, 0.1) is 5.69 Å². The van der Waals surface area contributed by atoms with Crippen LogP contribution in [0, 0.1) is 6.92 Å². The molecule has 0 radical (unpaired) electrons. The van der Waals surface area contributed by atoms with Crippen molar-refractivity contribution in [3.63, 3.8) is 0 Å². The van der Waals surface area contributed by atoms with E-state index in [0.29, 0.717) is 0 Å². The minimum absolute atomic E-state index is 0.773. The van der Waals surface area contributed by atoms with Crippen molar-refractivity contribution in [2.45, 2.75) is 26.4 Å². The van der Waals surface area contributed by atoms with Crippen LogP contribution in [-0.4, -0.2) is 9.97 Å². The summed E-state index contributed by atoms with van der Waals surface area (Å²) in [5, 5.41) is 3.32. The zero-order valence-electron chi connectivity index (χ0n) is 10.2. The predicted octanol–water partition coefficient (Wildman–Crippen LogP) is 2.74. The topological polar surface area (TPSA) is 37.8 Å². The summed E-state index contributed by atoms with van der Waals surface area (Å²) < 4.78 is 1.12. The number of nitrogens with one attached hydrogen (secondary N) is 1. The molecule has 2 heterocycles. The summed E-state index contributed by atoms with van der Waals surface area (Å²) in [6.07, 6.45) is 0.773. The van der Waals surface area contributed by atoms with Crippen LogP contribution in [0.3, 0.4) is 0 Å². The molecule has 0 atom stereocenters. The second-order valence-corrected chi connectivity index (χ2v) is 5.38. The quantitative estimate of drug-likeness (QED) is 0.927. The van der Waals surface area contributed by atoms with Gasteiger partial charge in [-0.1, -0.05) is 34.1 Å². The monoisotopic (exact) mass is 303 g/mol. The highest BCUT2D eigenvalue weighted by Gasteiger charge is 2.16. The van der Waals surface area contributed by atoms with Crippen molar-refractivity contribution in [3.05, 3.63) is 57.1 Å². The van der Waals surface area contributed by atoms with Gasteiger partial charge in [0.1, 0.15) is 5.82 Å². The first-order chi connectivity index (χ1) is 8.74. The summed E-state index contributed by atoms with van der Waals surface area (Å²) in [7, 11) is 0. The Kier molecular flexibility index (Phi) is 3.14. The number of benzene rings is 1. The van der Waals surface area contributed by atoms with Gasteiger partial charge in [-0.25, -0.2) is 9.97 Å². The van der Waals surface area contributed by atoms with Crippen molar-refractivity contribution in [2.75, 3.05) is 0 Å². The molecule has 1 aliphatic heterocycles. The number of halogens is 1. The third-order valence-electron chi connectivity index (χ3n) is 3.25. The van der Waals surface area contributed by atoms with Crippen LogP contribution >= 0.6 is 15.9 Å². The first-order valence-electron chi connectivity index (χ1n) is 6.03. The average molecular weight is 304 g/mol. The number of rotatable bonds is 2. The minimum atomic E-state index is 0.773. The van der Waals surface area contributed by atoms with Crippen LogP contribution in [0.2, 0.25) is 0 Å². The Hall–Kier alpha value is -1.26. The number of hydrogen-bond acceptors (Lipinski definition) is 3. The van der Waals surface area contributed by atoms with E-state index in [1.807, 2.05) is 12.1 Å². The van der Waals surface area contributed by atoms with Crippen molar-refractivity contribution in [1.82, 2.24) is 15.3 Å². The standard InChI is InChI=1S/C14H14BrN3/c1-9-11-7-16-8-13(11)18-14(17-9)6-10-4-2-3-5-12(10)15/h2-5,16H,6-8H2,1H3. The largest absolute Gasteiger partial charge is 0.307 e. The van der Waals surface area contributed by atoms with Crippen molar-refractivity contribution in [1.29, 1.82) is 0 Å². The highest BCUT2D eigenvalue weighted by atomic mass is 79.9. The molecule has 0 unspecified atom stereocenters. The Bertz CT molecular complexity index is 596. The first kappa shape index (κ1) is 11.8. The average Bonchev–Trinajstić information content (AvgIpc) is 2.81. The molecule has 92 valence electrons. The van der Waals surface area contributed by atoms with Crippen molar-refractivity contribution < 1.29 is 0 Å². The van der Waals surface area contributed by atoms with Crippen LogP contribution in [0.15, 0.2) is 28.7 Å². The van der Waals surface area contributed by atoms with Crippen LogP contribution in [0.1, 0.15) is 28.3 Å². The summed E-state index contributed by atoms with van der Waals surface area (Å²) in [5.74, 6) is 0.904. The third-order valence-corrected chi connectivity index (χ3v) is 4.02. The van der Waals surface area contributed by atoms with Gasteiger partial charge in [-0.05, 0) is 18.6 Å². The van der Waals surface area contributed by atoms with Gasteiger partial charge in [0, 0.05) is 35.2 Å². The summed E-state index contributed by atoms with van der Waals surface area (Å²) in [5.41, 5.74) is 4.75. The normalized spacial score (nSPS) is 13.7. The lowest BCUT2D eigenvalue weighted by Crippen LogP contribution is -2.04. The van der Waals surface area contributed by atoms with Gasteiger partial charge in [-0.3, -0.25) is 0 Å². The second-order valence-electron chi connectivity index (χ2n) is 4.52. The summed E-state index contributed by atoms with van der Waals surface area (Å²) in [4.78, 5) is 9.27. The van der Waals surface area contributed by atoms with Gasteiger partial charge in [0.2, 0.25) is 0 Å². The summed E-state index contributed by atoms with van der Waals surface area (Å²) in [6, 6.07) is 8.22. The minimum Gasteiger partial charge on any atom is -0.307 e. The zero-order valence-corrected chi connectivity index (χ0v) is 11.8. The molecule has 0 saturated heterocycles. The molecule has 1 aliphatic rings. The molecule has 0 aliphatic carbocycles. The molecule has 0 fully saturated rings. The van der Waals surface area contributed by atoms with Gasteiger partial charge >= 0.3 is 0 Å². The zero-order chi connectivity index (χ0) is 12.5. The third kappa shape index (κ3) is 2.18. The predicted molar refractivity (Wildman–Crippen MR) is 74.3 cm³/mol. The maximum atomic E-state index is 4.66. The van der Waals surface area contributed by atoms with Crippen LogP contribution in [0.25, 0.3) is 0 Å². The second kappa shape index (κ2) is 4.78. The molecule has 18 heavy (non-hydrogen) atoms. The fourth-order valence-corrected chi connectivity index (χ4v) is 2.72. The van der Waals surface area contributed by atoms with E-state index in [2.05, 4.69) is 50.3 Å². The van der Waals surface area contributed by atoms with Gasteiger partial charge in [-0.2, -0.15) is 0 Å². The maximum absolute atomic E-state index is 4.66. The van der Waals surface area contributed by atoms with Crippen LogP contribution in [0.5, 0.6) is 0 Å². The van der Waals surface area contributed by atoms with E-state index in [-0.39, 0.29) is 0 Å². The Morgan fingerprint density at radius 3 is 2.89 bits per heavy atom. The number of fused-ring (bicyclic) bond motifs is 1. The molecular weight excluding hydrogens is 290 g/mol. The number of nitrogens with zero attached hydrogens (tertiary/aromatic N) is 2. The number of aromatic nitrogens is 2. The molecule has 0 bridgehead atoms. The maximum Gasteiger partial charge on any atom is 0.133 e. The Morgan fingerprint density at radius 2 is 2.06 bits per heavy atom. The lowest BCUT2D eigenvalue weighted by molar-refractivity contribution is 0.755. The van der Waals surface area contributed by atoms with Gasteiger partial charge in [0.25, 0.3) is 0 Å². The molecule has 0 saturated carbocycles. The fraction of sp³-hybridized carbons (Fsp3) is 0.286.